The van der Waals surface area contributed by atoms with E-state index in [1.54, 1.807) is 13.0 Å². The lowest BCUT2D eigenvalue weighted by Gasteiger charge is -2.08. The van der Waals surface area contributed by atoms with E-state index in [1.807, 2.05) is 0 Å². The van der Waals surface area contributed by atoms with Gasteiger partial charge in [-0.2, -0.15) is 0 Å². The number of phenolic OH excluding ortho intramolecular Hbond substituents is 1. The summed E-state index contributed by atoms with van der Waals surface area (Å²) in [6.07, 6.45) is 0. The molecule has 2 aromatic carbocycles. The number of nitro benzene ring substituents is 1. The maximum atomic E-state index is 11.8. The molecule has 0 bridgehead atoms. The maximum absolute atomic E-state index is 11.8. The Kier molecular flexibility index (Phi) is 4.55. The zero-order valence-electron chi connectivity index (χ0n) is 12.1. The van der Waals surface area contributed by atoms with Crippen molar-refractivity contribution in [2.24, 2.45) is 0 Å². The number of nitro groups is 1. The van der Waals surface area contributed by atoms with Crippen LogP contribution in [0, 0.1) is 17.0 Å². The van der Waals surface area contributed by atoms with Gasteiger partial charge in [0.25, 0.3) is 5.69 Å². The molecule has 0 saturated carbocycles. The molecule has 8 heteroatoms. The number of amides is 2. The number of para-hydroxylation sites is 2. The van der Waals surface area contributed by atoms with Crippen molar-refractivity contribution < 1.29 is 19.6 Å². The van der Waals surface area contributed by atoms with Gasteiger partial charge in [0.2, 0.25) is 0 Å². The zero-order valence-corrected chi connectivity index (χ0v) is 12.1. The summed E-state index contributed by atoms with van der Waals surface area (Å²) in [5.74, 6) is -2.32. The van der Waals surface area contributed by atoms with Gasteiger partial charge in [0, 0.05) is 6.07 Å². The van der Waals surface area contributed by atoms with E-state index in [9.17, 15) is 24.8 Å². The first kappa shape index (κ1) is 16.0. The fourth-order valence-electron chi connectivity index (χ4n) is 1.84. The van der Waals surface area contributed by atoms with Gasteiger partial charge in [-0.1, -0.05) is 18.2 Å². The van der Waals surface area contributed by atoms with Crippen LogP contribution in [0.15, 0.2) is 42.5 Å². The lowest BCUT2D eigenvalue weighted by Crippen LogP contribution is -2.29. The van der Waals surface area contributed by atoms with E-state index in [2.05, 4.69) is 10.6 Å². The van der Waals surface area contributed by atoms with E-state index >= 15 is 0 Å². The molecule has 0 unspecified atom stereocenters. The number of nitrogens with zero attached hydrogens (tertiary/aromatic N) is 1. The number of carbonyl (C=O) groups excluding carboxylic acids is 2. The second kappa shape index (κ2) is 6.56. The van der Waals surface area contributed by atoms with Crippen LogP contribution in [-0.2, 0) is 9.59 Å². The van der Waals surface area contributed by atoms with E-state index in [1.165, 1.54) is 36.4 Å². The molecule has 0 heterocycles. The molecule has 0 radical (unpaired) electrons. The molecular weight excluding hydrogens is 302 g/mol. The fraction of sp³-hybridized carbons (Fsp3) is 0.0667. The third kappa shape index (κ3) is 3.82. The van der Waals surface area contributed by atoms with Crippen LogP contribution in [0.1, 0.15) is 5.56 Å². The van der Waals surface area contributed by atoms with Gasteiger partial charge in [-0.25, -0.2) is 0 Å². The van der Waals surface area contributed by atoms with Crippen LogP contribution in [0.3, 0.4) is 0 Å². The third-order valence-corrected chi connectivity index (χ3v) is 2.96. The van der Waals surface area contributed by atoms with Crippen LogP contribution < -0.4 is 10.6 Å². The Morgan fingerprint density at radius 3 is 2.26 bits per heavy atom. The van der Waals surface area contributed by atoms with Crippen LogP contribution in [0.4, 0.5) is 17.1 Å². The standard InChI is InChI=1S/C15H13N3O5/c1-9-6-7-11(13(19)8-9)17-15(21)14(20)16-10-4-2-3-5-12(10)18(22)23/h2-8,19H,1H3,(H,16,20)(H,17,21). The summed E-state index contributed by atoms with van der Waals surface area (Å²) in [5, 5.41) is 25.0. The molecule has 2 aromatic rings. The molecule has 23 heavy (non-hydrogen) atoms. The predicted molar refractivity (Wildman–Crippen MR) is 83.2 cm³/mol. The smallest absolute Gasteiger partial charge is 0.314 e. The Morgan fingerprint density at radius 2 is 1.65 bits per heavy atom. The maximum Gasteiger partial charge on any atom is 0.314 e. The number of benzene rings is 2. The minimum Gasteiger partial charge on any atom is -0.506 e. The number of aryl methyl sites for hydroxylation is 1. The van der Waals surface area contributed by atoms with Gasteiger partial charge in [-0.3, -0.25) is 19.7 Å². The average molecular weight is 315 g/mol. The number of anilines is 2. The fourth-order valence-corrected chi connectivity index (χ4v) is 1.84. The van der Waals surface area contributed by atoms with E-state index in [-0.39, 0.29) is 22.8 Å². The topological polar surface area (TPSA) is 122 Å². The SMILES string of the molecule is Cc1ccc(NC(=O)C(=O)Nc2ccccc2[N+](=O)[O-])c(O)c1. The molecule has 0 aliphatic carbocycles. The summed E-state index contributed by atoms with van der Waals surface area (Å²) in [6.45, 7) is 1.76. The Labute approximate surface area is 130 Å². The number of nitrogens with one attached hydrogen (secondary N) is 2. The highest BCUT2D eigenvalue weighted by Crippen LogP contribution is 2.25. The lowest BCUT2D eigenvalue weighted by atomic mass is 10.2. The van der Waals surface area contributed by atoms with Gasteiger partial charge in [-0.05, 0) is 30.7 Å². The first-order chi connectivity index (χ1) is 10.9. The second-order valence-electron chi connectivity index (χ2n) is 4.70. The summed E-state index contributed by atoms with van der Waals surface area (Å²) < 4.78 is 0. The highest BCUT2D eigenvalue weighted by Gasteiger charge is 2.20. The highest BCUT2D eigenvalue weighted by atomic mass is 16.6. The number of aromatic hydroxyl groups is 1. The summed E-state index contributed by atoms with van der Waals surface area (Å²) in [4.78, 5) is 33.9. The Bertz CT molecular complexity index is 788. The second-order valence-corrected chi connectivity index (χ2v) is 4.70. The molecule has 0 fully saturated rings. The first-order valence-electron chi connectivity index (χ1n) is 6.54. The van der Waals surface area contributed by atoms with Crippen molar-refractivity contribution in [3.63, 3.8) is 0 Å². The molecule has 0 atom stereocenters. The van der Waals surface area contributed by atoms with Crippen LogP contribution in [0.2, 0.25) is 0 Å². The van der Waals surface area contributed by atoms with Gasteiger partial charge < -0.3 is 15.7 Å². The Hall–Kier alpha value is -3.42. The lowest BCUT2D eigenvalue weighted by molar-refractivity contribution is -0.383. The van der Waals surface area contributed by atoms with Gasteiger partial charge >= 0.3 is 11.8 Å². The minimum atomic E-state index is -1.08. The minimum absolute atomic E-state index is 0.0679. The van der Waals surface area contributed by atoms with E-state index < -0.39 is 16.7 Å². The normalized spacial score (nSPS) is 9.96. The predicted octanol–water partition coefficient (Wildman–Crippen LogP) is 2.19. The van der Waals surface area contributed by atoms with E-state index in [4.69, 9.17) is 0 Å². The highest BCUT2D eigenvalue weighted by molar-refractivity contribution is 6.44. The van der Waals surface area contributed by atoms with Crippen molar-refractivity contribution in [3.8, 4) is 5.75 Å². The number of phenols is 1. The average Bonchev–Trinajstić information content (AvgIpc) is 2.50. The van der Waals surface area contributed by atoms with Crippen LogP contribution >= 0.6 is 0 Å². The first-order valence-corrected chi connectivity index (χ1v) is 6.54. The summed E-state index contributed by atoms with van der Waals surface area (Å²) in [6, 6.07) is 9.97. The molecular formula is C15H13N3O5. The zero-order chi connectivity index (χ0) is 17.0. The number of hydrogen-bond acceptors (Lipinski definition) is 5. The van der Waals surface area contributed by atoms with Gasteiger partial charge in [0.1, 0.15) is 11.4 Å². The van der Waals surface area contributed by atoms with Crippen molar-refractivity contribution in [1.82, 2.24) is 0 Å². The largest absolute Gasteiger partial charge is 0.506 e. The monoisotopic (exact) mass is 315 g/mol. The summed E-state index contributed by atoms with van der Waals surface area (Å²) in [7, 11) is 0. The summed E-state index contributed by atoms with van der Waals surface area (Å²) in [5.41, 5.74) is 0.431. The quantitative estimate of drug-likeness (QED) is 0.347. The molecule has 0 spiro atoms. The molecule has 0 aliphatic heterocycles. The summed E-state index contributed by atoms with van der Waals surface area (Å²) >= 11 is 0. The molecule has 2 rings (SSSR count). The van der Waals surface area contributed by atoms with Gasteiger partial charge in [0.15, 0.2) is 0 Å². The molecule has 3 N–H and O–H groups in total. The van der Waals surface area contributed by atoms with Crippen molar-refractivity contribution in [3.05, 3.63) is 58.1 Å². The number of hydrogen-bond donors (Lipinski definition) is 3. The van der Waals surface area contributed by atoms with Crippen molar-refractivity contribution in [2.75, 3.05) is 10.6 Å². The molecule has 0 saturated heterocycles. The molecule has 0 aromatic heterocycles. The number of carbonyl (C=O) groups is 2. The van der Waals surface area contributed by atoms with Crippen LogP contribution in [-0.4, -0.2) is 21.8 Å². The Morgan fingerprint density at radius 1 is 1.04 bits per heavy atom. The molecule has 0 aliphatic rings. The molecule has 2 amide bonds. The van der Waals surface area contributed by atoms with E-state index in [0.717, 1.165) is 5.56 Å². The van der Waals surface area contributed by atoms with Crippen molar-refractivity contribution in [2.45, 2.75) is 6.92 Å². The Balaban J connectivity index is 2.12. The van der Waals surface area contributed by atoms with E-state index in [0.29, 0.717) is 0 Å². The third-order valence-electron chi connectivity index (χ3n) is 2.96. The molecule has 118 valence electrons. The molecule has 8 nitrogen and oxygen atoms in total. The number of rotatable bonds is 3. The van der Waals surface area contributed by atoms with Gasteiger partial charge in [0.05, 0.1) is 10.6 Å². The van der Waals surface area contributed by atoms with Gasteiger partial charge in [-0.15, -0.1) is 0 Å². The van der Waals surface area contributed by atoms with Crippen LogP contribution in [0.5, 0.6) is 5.75 Å². The van der Waals surface area contributed by atoms with Crippen molar-refractivity contribution >= 4 is 28.9 Å². The van der Waals surface area contributed by atoms with Crippen LogP contribution in [0.25, 0.3) is 0 Å². The van der Waals surface area contributed by atoms with Crippen molar-refractivity contribution in [1.29, 1.82) is 0 Å².